The Morgan fingerprint density at radius 3 is 2.70 bits per heavy atom. The summed E-state index contributed by atoms with van der Waals surface area (Å²) in [6, 6.07) is 0. The van der Waals surface area contributed by atoms with Crippen molar-refractivity contribution in [3.05, 3.63) is 15.6 Å². The first kappa shape index (κ1) is 14.5. The van der Waals surface area contributed by atoms with Crippen molar-refractivity contribution < 1.29 is 0 Å². The number of thiazole rings is 1. The second-order valence-electron chi connectivity index (χ2n) is 7.19. The molecule has 0 saturated heterocycles. The lowest BCUT2D eigenvalue weighted by molar-refractivity contribution is 0.325. The fourth-order valence-corrected chi connectivity index (χ4v) is 5.15. The van der Waals surface area contributed by atoms with Crippen LogP contribution in [0.15, 0.2) is 0 Å². The molecule has 2 N–H and O–H groups in total. The normalized spacial score (nSPS) is 31.1. The zero-order valence-electron chi connectivity index (χ0n) is 13.0. The largest absolute Gasteiger partial charge is 0.319 e. The Bertz CT molecular complexity index is 442. The summed E-state index contributed by atoms with van der Waals surface area (Å²) in [7, 11) is 0. The maximum absolute atomic E-state index is 6.80. The molecule has 1 saturated carbocycles. The second-order valence-corrected chi connectivity index (χ2v) is 8.27. The quantitative estimate of drug-likeness (QED) is 0.820. The van der Waals surface area contributed by atoms with Crippen LogP contribution in [0.25, 0.3) is 0 Å². The zero-order chi connectivity index (χ0) is 14.2. The molecule has 0 amide bonds. The van der Waals surface area contributed by atoms with E-state index in [0.717, 1.165) is 24.7 Å². The van der Waals surface area contributed by atoms with Crippen molar-refractivity contribution in [2.45, 2.75) is 77.2 Å². The maximum atomic E-state index is 6.80. The van der Waals surface area contributed by atoms with Crippen molar-refractivity contribution in [2.75, 3.05) is 0 Å². The summed E-state index contributed by atoms with van der Waals surface area (Å²) in [5.74, 6) is 1.65. The smallest absolute Gasteiger partial charge is 0.113 e. The fourth-order valence-electron chi connectivity index (χ4n) is 3.84. The lowest BCUT2D eigenvalue weighted by Crippen LogP contribution is -2.36. The fraction of sp³-hybridized carbons (Fsp3) is 0.824. The van der Waals surface area contributed by atoms with Gasteiger partial charge in [-0.05, 0) is 56.8 Å². The summed E-state index contributed by atoms with van der Waals surface area (Å²) in [6.07, 6.45) is 11.2. The number of nitrogens with two attached hydrogens (primary N) is 1. The van der Waals surface area contributed by atoms with Gasteiger partial charge in [0.15, 0.2) is 0 Å². The van der Waals surface area contributed by atoms with Gasteiger partial charge in [0.05, 0.1) is 11.2 Å². The van der Waals surface area contributed by atoms with Crippen LogP contribution in [0.1, 0.15) is 74.4 Å². The summed E-state index contributed by atoms with van der Waals surface area (Å²) in [5, 5.41) is 1.24. The van der Waals surface area contributed by atoms with Gasteiger partial charge in [0.25, 0.3) is 0 Å². The van der Waals surface area contributed by atoms with Crippen molar-refractivity contribution >= 4 is 11.3 Å². The van der Waals surface area contributed by atoms with E-state index in [-0.39, 0.29) is 5.54 Å². The van der Waals surface area contributed by atoms with E-state index in [0.29, 0.717) is 0 Å². The van der Waals surface area contributed by atoms with E-state index in [2.05, 4.69) is 13.8 Å². The van der Waals surface area contributed by atoms with Crippen LogP contribution in [0.4, 0.5) is 0 Å². The molecule has 112 valence electrons. The molecule has 2 aliphatic rings. The second kappa shape index (κ2) is 5.76. The lowest BCUT2D eigenvalue weighted by atomic mass is 9.87. The molecule has 1 heterocycles. The van der Waals surface area contributed by atoms with Crippen LogP contribution in [-0.2, 0) is 18.4 Å². The third-order valence-electron chi connectivity index (χ3n) is 5.37. The molecule has 3 heteroatoms. The molecule has 1 aromatic rings. The highest BCUT2D eigenvalue weighted by molar-refractivity contribution is 7.11. The van der Waals surface area contributed by atoms with E-state index in [1.54, 1.807) is 0 Å². The molecule has 2 nitrogen and oxygen atoms in total. The number of rotatable bonds is 2. The number of nitrogens with zero attached hydrogens (tertiary/aromatic N) is 1. The minimum absolute atomic E-state index is 0.133. The van der Waals surface area contributed by atoms with Gasteiger partial charge < -0.3 is 5.73 Å². The Hall–Kier alpha value is -0.410. The monoisotopic (exact) mass is 292 g/mol. The molecular weight excluding hydrogens is 264 g/mol. The first-order chi connectivity index (χ1) is 9.58. The van der Waals surface area contributed by atoms with Gasteiger partial charge >= 0.3 is 0 Å². The van der Waals surface area contributed by atoms with Crippen molar-refractivity contribution in [2.24, 2.45) is 17.6 Å². The van der Waals surface area contributed by atoms with Crippen molar-refractivity contribution in [3.63, 3.8) is 0 Å². The van der Waals surface area contributed by atoms with Gasteiger partial charge in [-0.15, -0.1) is 11.3 Å². The highest BCUT2D eigenvalue weighted by Crippen LogP contribution is 2.41. The summed E-state index contributed by atoms with van der Waals surface area (Å²) in [4.78, 5) is 6.48. The van der Waals surface area contributed by atoms with E-state index < -0.39 is 0 Å². The summed E-state index contributed by atoms with van der Waals surface area (Å²) in [5.41, 5.74) is 8.04. The van der Waals surface area contributed by atoms with E-state index in [1.807, 2.05) is 11.3 Å². The average Bonchev–Trinajstić information content (AvgIpc) is 2.76. The third kappa shape index (κ3) is 2.80. The minimum Gasteiger partial charge on any atom is -0.319 e. The Balaban J connectivity index is 1.79. The molecule has 3 rings (SSSR count). The molecule has 2 atom stereocenters. The Morgan fingerprint density at radius 1 is 1.15 bits per heavy atom. The number of hydrogen-bond donors (Lipinski definition) is 1. The minimum atomic E-state index is -0.133. The van der Waals surface area contributed by atoms with E-state index in [9.17, 15) is 0 Å². The van der Waals surface area contributed by atoms with Crippen molar-refractivity contribution in [1.82, 2.24) is 4.98 Å². The molecule has 1 aromatic heterocycles. The number of aromatic nitrogens is 1. The van der Waals surface area contributed by atoms with Crippen LogP contribution < -0.4 is 5.73 Å². The van der Waals surface area contributed by atoms with E-state index in [1.165, 1.54) is 60.5 Å². The van der Waals surface area contributed by atoms with Gasteiger partial charge in [0, 0.05) is 4.88 Å². The van der Waals surface area contributed by atoms with Crippen molar-refractivity contribution in [3.8, 4) is 0 Å². The van der Waals surface area contributed by atoms with Gasteiger partial charge in [-0.3, -0.25) is 0 Å². The molecule has 1 fully saturated rings. The zero-order valence-corrected chi connectivity index (χ0v) is 13.8. The number of hydrogen-bond acceptors (Lipinski definition) is 3. The lowest BCUT2D eigenvalue weighted by Gasteiger charge is -2.26. The van der Waals surface area contributed by atoms with Crippen molar-refractivity contribution in [1.29, 1.82) is 0 Å². The van der Waals surface area contributed by atoms with Gasteiger partial charge in [0.1, 0.15) is 5.01 Å². The molecule has 0 spiro atoms. The highest BCUT2D eigenvalue weighted by atomic mass is 32.1. The Morgan fingerprint density at radius 2 is 1.95 bits per heavy atom. The molecule has 0 bridgehead atoms. The van der Waals surface area contributed by atoms with E-state index >= 15 is 0 Å². The Labute approximate surface area is 127 Å². The van der Waals surface area contributed by atoms with E-state index in [4.69, 9.17) is 10.7 Å². The summed E-state index contributed by atoms with van der Waals surface area (Å²) in [6.45, 7) is 4.71. The van der Waals surface area contributed by atoms with Crippen LogP contribution in [0.5, 0.6) is 0 Å². The first-order valence-corrected chi connectivity index (χ1v) is 9.18. The SMILES string of the molecule is CC(C)C1CCCC(N)(c2nc3c(s2)CCCC3)CC1. The van der Waals surface area contributed by atoms with Gasteiger partial charge in [-0.2, -0.15) is 0 Å². The molecule has 0 radical (unpaired) electrons. The van der Waals surface area contributed by atoms with Crippen LogP contribution in [0, 0.1) is 11.8 Å². The maximum Gasteiger partial charge on any atom is 0.113 e. The van der Waals surface area contributed by atoms with Gasteiger partial charge in [0.2, 0.25) is 0 Å². The predicted molar refractivity (Wildman–Crippen MR) is 86.0 cm³/mol. The predicted octanol–water partition coefficient (Wildman–Crippen LogP) is 4.41. The van der Waals surface area contributed by atoms with Crippen LogP contribution >= 0.6 is 11.3 Å². The Kier molecular flexibility index (Phi) is 4.19. The molecule has 2 aliphatic carbocycles. The molecular formula is C17H28N2S. The van der Waals surface area contributed by atoms with Gasteiger partial charge in [-0.1, -0.05) is 26.7 Å². The summed E-state index contributed by atoms with van der Waals surface area (Å²) < 4.78 is 0. The van der Waals surface area contributed by atoms with Gasteiger partial charge in [-0.25, -0.2) is 4.98 Å². The standard InChI is InChI=1S/C17H28N2S/c1-12(2)13-6-5-10-17(18,11-9-13)16-19-14-7-3-4-8-15(14)20-16/h12-13H,3-11,18H2,1-2H3. The first-order valence-electron chi connectivity index (χ1n) is 8.36. The topological polar surface area (TPSA) is 38.9 Å². The van der Waals surface area contributed by atoms with Crippen LogP contribution in [-0.4, -0.2) is 4.98 Å². The van der Waals surface area contributed by atoms with Crippen LogP contribution in [0.3, 0.4) is 0 Å². The number of fused-ring (bicyclic) bond motifs is 1. The number of aryl methyl sites for hydroxylation is 2. The summed E-state index contributed by atoms with van der Waals surface area (Å²) >= 11 is 1.92. The molecule has 0 aromatic carbocycles. The molecule has 0 aliphatic heterocycles. The average molecular weight is 292 g/mol. The van der Waals surface area contributed by atoms with Crippen LogP contribution in [0.2, 0.25) is 0 Å². The highest BCUT2D eigenvalue weighted by Gasteiger charge is 2.35. The third-order valence-corrected chi connectivity index (χ3v) is 6.75. The molecule has 20 heavy (non-hydrogen) atoms. The molecule has 2 unspecified atom stereocenters.